The number of carbonyl (C=O) groups excluding carboxylic acids is 1. The smallest absolute Gasteiger partial charge is 0.227 e. The molecule has 0 aliphatic heterocycles. The summed E-state index contributed by atoms with van der Waals surface area (Å²) in [5, 5.41) is 6.72. The van der Waals surface area contributed by atoms with Crippen LogP contribution in [0.25, 0.3) is 11.4 Å². The molecule has 4 aromatic rings. The van der Waals surface area contributed by atoms with Gasteiger partial charge in [-0.05, 0) is 60.9 Å². The number of halogens is 1. The summed E-state index contributed by atoms with van der Waals surface area (Å²) < 4.78 is 24.1. The lowest BCUT2D eigenvalue weighted by Gasteiger charge is -2.09. The van der Waals surface area contributed by atoms with Crippen molar-refractivity contribution in [2.75, 3.05) is 0 Å². The normalized spacial score (nSPS) is 10.8. The second-order valence-corrected chi connectivity index (χ2v) is 7.67. The average molecular weight is 446 g/mol. The quantitative estimate of drug-likeness (QED) is 0.413. The van der Waals surface area contributed by atoms with Crippen LogP contribution < -0.4 is 10.1 Å². The van der Waals surface area contributed by atoms with Crippen molar-refractivity contribution in [1.29, 1.82) is 0 Å². The van der Waals surface area contributed by atoms with Crippen LogP contribution in [0.3, 0.4) is 0 Å². The summed E-state index contributed by atoms with van der Waals surface area (Å²) in [6.45, 7) is 4.34. The third-order valence-electron chi connectivity index (χ3n) is 4.98. The molecule has 0 saturated heterocycles. The maximum Gasteiger partial charge on any atom is 0.227 e. The van der Waals surface area contributed by atoms with Gasteiger partial charge in [0.2, 0.25) is 23.5 Å². The van der Waals surface area contributed by atoms with Gasteiger partial charge in [0.05, 0.1) is 0 Å². The topological polar surface area (TPSA) is 90.1 Å². The molecule has 0 aliphatic rings. The molecule has 0 aliphatic carbocycles. The minimum atomic E-state index is -0.335. The lowest BCUT2D eigenvalue weighted by Crippen LogP contribution is -2.23. The van der Waals surface area contributed by atoms with Crippen molar-refractivity contribution < 1.29 is 18.4 Å². The molecule has 1 amide bonds. The molecule has 0 saturated carbocycles. The van der Waals surface area contributed by atoms with Crippen LogP contribution in [0.5, 0.6) is 11.6 Å². The Hall–Kier alpha value is -4.07. The van der Waals surface area contributed by atoms with E-state index in [4.69, 9.17) is 9.26 Å². The number of hydrogen-bond donors (Lipinski definition) is 1. The Morgan fingerprint density at radius 2 is 1.91 bits per heavy atom. The van der Waals surface area contributed by atoms with Crippen LogP contribution in [0.1, 0.15) is 29.0 Å². The molecule has 2 heterocycles. The largest absolute Gasteiger partial charge is 0.439 e. The van der Waals surface area contributed by atoms with Crippen molar-refractivity contribution in [3.63, 3.8) is 0 Å². The first-order valence-electron chi connectivity index (χ1n) is 10.5. The molecular formula is C25H23FN4O3. The van der Waals surface area contributed by atoms with Gasteiger partial charge in [-0.3, -0.25) is 4.79 Å². The zero-order chi connectivity index (χ0) is 23.2. The third-order valence-corrected chi connectivity index (χ3v) is 4.98. The molecule has 0 bridgehead atoms. The van der Waals surface area contributed by atoms with Gasteiger partial charge in [-0.15, -0.1) is 0 Å². The van der Waals surface area contributed by atoms with Crippen LogP contribution in [0.4, 0.5) is 4.39 Å². The van der Waals surface area contributed by atoms with E-state index >= 15 is 0 Å². The molecule has 2 aromatic heterocycles. The number of nitrogens with one attached hydrogen (secondary N) is 1. The predicted molar refractivity (Wildman–Crippen MR) is 120 cm³/mol. The van der Waals surface area contributed by atoms with Gasteiger partial charge in [0.15, 0.2) is 0 Å². The first-order valence-corrected chi connectivity index (χ1v) is 10.5. The molecule has 33 heavy (non-hydrogen) atoms. The Kier molecular flexibility index (Phi) is 6.73. The minimum Gasteiger partial charge on any atom is -0.439 e. The van der Waals surface area contributed by atoms with E-state index in [1.54, 1.807) is 24.4 Å². The summed E-state index contributed by atoms with van der Waals surface area (Å²) in [4.78, 5) is 20.8. The number of carbonyl (C=O) groups is 1. The number of amides is 1. The van der Waals surface area contributed by atoms with E-state index in [0.717, 1.165) is 22.4 Å². The molecule has 0 atom stereocenters. The zero-order valence-corrected chi connectivity index (χ0v) is 18.3. The number of hydrogen-bond acceptors (Lipinski definition) is 6. The Labute approximate surface area is 190 Å². The molecule has 1 N–H and O–H groups in total. The van der Waals surface area contributed by atoms with Crippen molar-refractivity contribution in [2.45, 2.75) is 33.2 Å². The van der Waals surface area contributed by atoms with Gasteiger partial charge in [0.25, 0.3) is 0 Å². The number of pyridine rings is 1. The molecule has 168 valence electrons. The minimum absolute atomic E-state index is 0.146. The summed E-state index contributed by atoms with van der Waals surface area (Å²) in [5.74, 6) is 1.49. The Morgan fingerprint density at radius 3 is 2.67 bits per heavy atom. The van der Waals surface area contributed by atoms with Crippen LogP contribution in [0, 0.1) is 19.7 Å². The predicted octanol–water partition coefficient (Wildman–Crippen LogP) is 4.93. The molecule has 7 nitrogen and oxygen atoms in total. The molecule has 0 radical (unpaired) electrons. The van der Waals surface area contributed by atoms with E-state index in [2.05, 4.69) is 20.4 Å². The molecule has 2 aromatic carbocycles. The fourth-order valence-corrected chi connectivity index (χ4v) is 3.09. The fourth-order valence-electron chi connectivity index (χ4n) is 3.09. The first kappa shape index (κ1) is 22.1. The van der Waals surface area contributed by atoms with Crippen molar-refractivity contribution in [2.24, 2.45) is 0 Å². The number of nitrogens with zero attached hydrogens (tertiary/aromatic N) is 3. The number of benzene rings is 2. The molecule has 8 heteroatoms. The third kappa shape index (κ3) is 6.00. The maximum absolute atomic E-state index is 13.0. The lowest BCUT2D eigenvalue weighted by atomic mass is 10.1. The lowest BCUT2D eigenvalue weighted by molar-refractivity contribution is -0.121. The zero-order valence-electron chi connectivity index (χ0n) is 18.3. The van der Waals surface area contributed by atoms with Gasteiger partial charge < -0.3 is 14.6 Å². The summed E-state index contributed by atoms with van der Waals surface area (Å²) in [7, 11) is 0. The van der Waals surface area contributed by atoms with E-state index in [0.29, 0.717) is 36.1 Å². The fraction of sp³-hybridized carbons (Fsp3) is 0.200. The van der Waals surface area contributed by atoms with E-state index < -0.39 is 0 Å². The van der Waals surface area contributed by atoms with Gasteiger partial charge in [0.1, 0.15) is 11.6 Å². The average Bonchev–Trinajstić information content (AvgIpc) is 3.29. The Morgan fingerprint density at radius 1 is 1.09 bits per heavy atom. The van der Waals surface area contributed by atoms with Crippen molar-refractivity contribution in [3.8, 4) is 23.0 Å². The second-order valence-electron chi connectivity index (χ2n) is 7.67. The maximum atomic E-state index is 13.0. The monoisotopic (exact) mass is 446 g/mol. The van der Waals surface area contributed by atoms with E-state index in [9.17, 15) is 9.18 Å². The van der Waals surface area contributed by atoms with Gasteiger partial charge in [0, 0.05) is 37.2 Å². The summed E-state index contributed by atoms with van der Waals surface area (Å²) in [6, 6.07) is 15.4. The molecular weight excluding hydrogens is 423 g/mol. The Balaban J connectivity index is 1.24. The van der Waals surface area contributed by atoms with Gasteiger partial charge in [-0.1, -0.05) is 23.4 Å². The highest BCUT2D eigenvalue weighted by atomic mass is 19.1. The SMILES string of the molecule is Cc1ccc(C)c(Oc2ccc(CNC(=O)CCc3nc(-c4ccc(F)cc4)no3)cn2)c1. The van der Waals surface area contributed by atoms with Crippen LogP contribution in [-0.4, -0.2) is 21.0 Å². The number of rotatable bonds is 8. The summed E-state index contributed by atoms with van der Waals surface area (Å²) in [5.41, 5.74) is 3.65. The molecule has 0 fully saturated rings. The van der Waals surface area contributed by atoms with E-state index in [1.807, 2.05) is 38.1 Å². The van der Waals surface area contributed by atoms with Crippen LogP contribution in [0.15, 0.2) is 65.3 Å². The highest BCUT2D eigenvalue weighted by Gasteiger charge is 2.11. The molecule has 0 unspecified atom stereocenters. The second kappa shape index (κ2) is 10.0. The highest BCUT2D eigenvalue weighted by Crippen LogP contribution is 2.24. The van der Waals surface area contributed by atoms with Gasteiger partial charge in [-0.25, -0.2) is 9.37 Å². The Bertz CT molecular complexity index is 1240. The number of aromatic nitrogens is 3. The van der Waals surface area contributed by atoms with Crippen LogP contribution >= 0.6 is 0 Å². The first-order chi connectivity index (χ1) is 16.0. The van der Waals surface area contributed by atoms with E-state index in [1.165, 1.54) is 12.1 Å². The number of aryl methyl sites for hydroxylation is 3. The standard InChI is InChI=1S/C25H23FN4O3/c1-16-3-4-17(2)21(13-16)32-23-11-5-18(15-28-23)14-27-22(31)10-12-24-29-25(30-33-24)19-6-8-20(26)9-7-19/h3-9,11,13,15H,10,12,14H2,1-2H3,(H,27,31). The van der Waals surface area contributed by atoms with Crippen molar-refractivity contribution in [3.05, 3.63) is 89.2 Å². The van der Waals surface area contributed by atoms with Crippen LogP contribution in [0.2, 0.25) is 0 Å². The van der Waals surface area contributed by atoms with Gasteiger partial charge >= 0.3 is 0 Å². The van der Waals surface area contributed by atoms with E-state index in [-0.39, 0.29) is 18.1 Å². The highest BCUT2D eigenvalue weighted by molar-refractivity contribution is 5.76. The van der Waals surface area contributed by atoms with Gasteiger partial charge in [-0.2, -0.15) is 4.98 Å². The number of ether oxygens (including phenoxy) is 1. The van der Waals surface area contributed by atoms with Crippen molar-refractivity contribution >= 4 is 5.91 Å². The molecule has 4 rings (SSSR count). The van der Waals surface area contributed by atoms with Crippen molar-refractivity contribution in [1.82, 2.24) is 20.4 Å². The molecule has 0 spiro atoms. The summed E-state index contributed by atoms with van der Waals surface area (Å²) >= 11 is 0. The van der Waals surface area contributed by atoms with Crippen LogP contribution in [-0.2, 0) is 17.8 Å². The summed E-state index contributed by atoms with van der Waals surface area (Å²) in [6.07, 6.45) is 2.18.